The van der Waals surface area contributed by atoms with Crippen LogP contribution in [0.25, 0.3) is 10.8 Å². The Morgan fingerprint density at radius 3 is 2.59 bits per heavy atom. The predicted molar refractivity (Wildman–Crippen MR) is 158 cm³/mol. The quantitative estimate of drug-likeness (QED) is 0.257. The first-order valence-corrected chi connectivity index (χ1v) is 13.9. The Morgan fingerprint density at radius 2 is 1.85 bits per heavy atom. The monoisotopic (exact) mass is 558 g/mol. The summed E-state index contributed by atoms with van der Waals surface area (Å²) in [5.74, 6) is -0.863. The van der Waals surface area contributed by atoms with Crippen LogP contribution in [0.15, 0.2) is 73.3 Å². The van der Waals surface area contributed by atoms with E-state index in [2.05, 4.69) is 11.9 Å². The molecule has 216 valence electrons. The van der Waals surface area contributed by atoms with Crippen molar-refractivity contribution >= 4 is 28.6 Å². The number of benzene rings is 3. The molecule has 2 atom stereocenters. The second-order valence-corrected chi connectivity index (χ2v) is 10.4. The van der Waals surface area contributed by atoms with Crippen molar-refractivity contribution in [3.8, 4) is 11.5 Å². The average molecular weight is 559 g/mol. The van der Waals surface area contributed by atoms with Crippen molar-refractivity contribution in [1.82, 2.24) is 20.0 Å². The van der Waals surface area contributed by atoms with Crippen LogP contribution in [0.1, 0.15) is 30.9 Å². The van der Waals surface area contributed by atoms with Gasteiger partial charge >= 0.3 is 6.03 Å². The number of fused-ring (bicyclic) bond motifs is 1. The third kappa shape index (κ3) is 6.80. The molecule has 0 radical (unpaired) electrons. The highest BCUT2D eigenvalue weighted by Gasteiger charge is 2.41. The minimum Gasteiger partial charge on any atom is -0.504 e. The number of phenolic OH excluding ortho intramolecular Hbond substituents is 2. The van der Waals surface area contributed by atoms with E-state index in [0.29, 0.717) is 38.2 Å². The maximum atomic E-state index is 14.0. The summed E-state index contributed by atoms with van der Waals surface area (Å²) in [4.78, 5) is 44.8. The van der Waals surface area contributed by atoms with Crippen molar-refractivity contribution in [3.63, 3.8) is 0 Å². The van der Waals surface area contributed by atoms with Crippen LogP contribution in [0, 0.1) is 0 Å². The first kappa shape index (κ1) is 29.5. The summed E-state index contributed by atoms with van der Waals surface area (Å²) in [7, 11) is 1.56. The molecule has 9 heteroatoms. The van der Waals surface area contributed by atoms with Gasteiger partial charge in [-0.05, 0) is 47.4 Å². The second-order valence-electron chi connectivity index (χ2n) is 10.4. The first-order chi connectivity index (χ1) is 19.7. The molecule has 41 heavy (non-hydrogen) atoms. The molecule has 0 spiro atoms. The number of phenols is 2. The summed E-state index contributed by atoms with van der Waals surface area (Å²) in [5, 5.41) is 24.6. The van der Waals surface area contributed by atoms with Gasteiger partial charge in [0.25, 0.3) is 0 Å². The minimum atomic E-state index is -0.784. The maximum absolute atomic E-state index is 14.0. The molecule has 0 saturated carbocycles. The molecule has 1 saturated heterocycles. The summed E-state index contributed by atoms with van der Waals surface area (Å²) in [6.07, 6.45) is 2.43. The van der Waals surface area contributed by atoms with E-state index >= 15 is 0 Å². The Bertz CT molecular complexity index is 1420. The summed E-state index contributed by atoms with van der Waals surface area (Å²) < 4.78 is 0. The fourth-order valence-corrected chi connectivity index (χ4v) is 5.58. The molecule has 3 N–H and O–H groups in total. The largest absolute Gasteiger partial charge is 0.504 e. The van der Waals surface area contributed by atoms with E-state index in [0.717, 1.165) is 16.3 Å². The van der Waals surface area contributed by atoms with Crippen molar-refractivity contribution in [2.24, 2.45) is 0 Å². The van der Waals surface area contributed by atoms with Crippen molar-refractivity contribution in [2.45, 2.75) is 44.8 Å². The molecule has 4 rings (SSSR count). The number of rotatable bonds is 10. The lowest BCUT2D eigenvalue weighted by atomic mass is 9.96. The van der Waals surface area contributed by atoms with Gasteiger partial charge in [0.15, 0.2) is 11.5 Å². The van der Waals surface area contributed by atoms with E-state index in [-0.39, 0.29) is 48.2 Å². The summed E-state index contributed by atoms with van der Waals surface area (Å²) in [6.45, 7) is 7.16. The van der Waals surface area contributed by atoms with Crippen molar-refractivity contribution in [2.75, 3.05) is 26.7 Å². The standard InChI is InChI=1S/C32H38N4O5/c1-4-16-34(32(41)33-3)17-8-13-30(39)36-22(2)20-35(21-25-11-7-10-24-9-5-6-12-26(24)25)31(40)27(36)18-23-14-15-28(37)29(38)19-23/h4-7,9-12,14-15,19,22,27,37-38H,1,8,13,16-18,20-21H2,2-3H3,(H,33,41)/t22-,27-/m0/s1. The van der Waals surface area contributed by atoms with Gasteiger partial charge in [0.05, 0.1) is 0 Å². The summed E-state index contributed by atoms with van der Waals surface area (Å²) in [6, 6.07) is 17.3. The molecule has 1 aliphatic rings. The number of urea groups is 1. The predicted octanol–water partition coefficient (Wildman–Crippen LogP) is 4.03. The number of nitrogens with zero attached hydrogens (tertiary/aromatic N) is 3. The number of nitrogens with one attached hydrogen (secondary N) is 1. The Labute approximate surface area is 240 Å². The van der Waals surface area contributed by atoms with Crippen LogP contribution in [0.5, 0.6) is 11.5 Å². The number of piperazine rings is 1. The van der Waals surface area contributed by atoms with Crippen LogP contribution in [-0.4, -0.2) is 81.5 Å². The van der Waals surface area contributed by atoms with Crippen LogP contribution in [-0.2, 0) is 22.6 Å². The second kappa shape index (κ2) is 13.2. The van der Waals surface area contributed by atoms with E-state index in [1.165, 1.54) is 12.1 Å². The zero-order valence-electron chi connectivity index (χ0n) is 23.6. The van der Waals surface area contributed by atoms with Gasteiger partial charge in [-0.3, -0.25) is 9.59 Å². The Balaban J connectivity index is 1.57. The van der Waals surface area contributed by atoms with Crippen LogP contribution >= 0.6 is 0 Å². The Hall–Kier alpha value is -4.53. The highest BCUT2D eigenvalue weighted by Crippen LogP contribution is 2.29. The molecule has 0 aliphatic carbocycles. The lowest BCUT2D eigenvalue weighted by molar-refractivity contribution is -0.156. The Kier molecular flexibility index (Phi) is 9.49. The molecule has 1 fully saturated rings. The molecule has 9 nitrogen and oxygen atoms in total. The lowest BCUT2D eigenvalue weighted by Crippen LogP contribution is -2.63. The Morgan fingerprint density at radius 1 is 1.10 bits per heavy atom. The fraction of sp³-hybridized carbons (Fsp3) is 0.344. The fourth-order valence-electron chi connectivity index (χ4n) is 5.58. The highest BCUT2D eigenvalue weighted by atomic mass is 16.3. The SMILES string of the molecule is C=CCN(CCCC(=O)N1[C@@H](C)CN(Cc2cccc3ccccc23)C(=O)[C@@H]1Cc1ccc(O)c(O)c1)C(=O)NC. The lowest BCUT2D eigenvalue weighted by Gasteiger charge is -2.45. The van der Waals surface area contributed by atoms with Gasteiger partial charge in [-0.15, -0.1) is 6.58 Å². The highest BCUT2D eigenvalue weighted by molar-refractivity contribution is 5.90. The summed E-state index contributed by atoms with van der Waals surface area (Å²) >= 11 is 0. The maximum Gasteiger partial charge on any atom is 0.317 e. The molecule has 1 aliphatic heterocycles. The molecular weight excluding hydrogens is 520 g/mol. The zero-order valence-corrected chi connectivity index (χ0v) is 23.6. The molecule has 0 aromatic heterocycles. The minimum absolute atomic E-state index is 0.167. The van der Waals surface area contributed by atoms with Crippen LogP contribution in [0.2, 0.25) is 0 Å². The van der Waals surface area contributed by atoms with E-state index in [4.69, 9.17) is 0 Å². The van der Waals surface area contributed by atoms with Gasteiger partial charge in [-0.25, -0.2) is 4.79 Å². The van der Waals surface area contributed by atoms with Gasteiger partial charge in [0.1, 0.15) is 6.04 Å². The molecular formula is C32H38N4O5. The van der Waals surface area contributed by atoms with Crippen molar-refractivity contribution < 1.29 is 24.6 Å². The van der Waals surface area contributed by atoms with Crippen LogP contribution in [0.4, 0.5) is 4.79 Å². The molecule has 3 aromatic carbocycles. The molecule has 0 unspecified atom stereocenters. The normalized spacial score (nSPS) is 17.0. The third-order valence-corrected chi connectivity index (χ3v) is 7.56. The number of carbonyl (C=O) groups excluding carboxylic acids is 3. The van der Waals surface area contributed by atoms with E-state index in [1.54, 1.807) is 33.9 Å². The van der Waals surface area contributed by atoms with E-state index < -0.39 is 6.04 Å². The number of hydrogen-bond donors (Lipinski definition) is 3. The number of aromatic hydroxyl groups is 2. The molecule has 4 amide bonds. The van der Waals surface area contributed by atoms with Gasteiger partial charge < -0.3 is 30.2 Å². The average Bonchev–Trinajstić information content (AvgIpc) is 2.96. The molecule has 3 aromatic rings. The van der Waals surface area contributed by atoms with Gasteiger partial charge in [-0.2, -0.15) is 0 Å². The van der Waals surface area contributed by atoms with Crippen LogP contribution < -0.4 is 5.32 Å². The van der Waals surface area contributed by atoms with Crippen LogP contribution in [0.3, 0.4) is 0 Å². The molecule has 1 heterocycles. The van der Waals surface area contributed by atoms with E-state index in [1.807, 2.05) is 49.4 Å². The first-order valence-electron chi connectivity index (χ1n) is 13.9. The smallest absolute Gasteiger partial charge is 0.317 e. The van der Waals surface area contributed by atoms with Gasteiger partial charge in [-0.1, -0.05) is 54.6 Å². The topological polar surface area (TPSA) is 113 Å². The molecule has 0 bridgehead atoms. The third-order valence-electron chi connectivity index (χ3n) is 7.56. The number of hydrogen-bond acceptors (Lipinski definition) is 5. The summed E-state index contributed by atoms with van der Waals surface area (Å²) in [5.41, 5.74) is 1.66. The van der Waals surface area contributed by atoms with Crippen molar-refractivity contribution in [3.05, 3.63) is 84.4 Å². The zero-order chi connectivity index (χ0) is 29.5. The van der Waals surface area contributed by atoms with Gasteiger partial charge in [0.2, 0.25) is 11.8 Å². The number of amides is 4. The van der Waals surface area contributed by atoms with Crippen molar-refractivity contribution in [1.29, 1.82) is 0 Å². The van der Waals surface area contributed by atoms with Gasteiger partial charge in [0, 0.05) is 52.1 Å². The van der Waals surface area contributed by atoms with E-state index in [9.17, 15) is 24.6 Å². The number of carbonyl (C=O) groups is 3.